The van der Waals surface area contributed by atoms with Crippen molar-refractivity contribution in [1.82, 2.24) is 10.6 Å². The van der Waals surface area contributed by atoms with Crippen LogP contribution in [0.4, 0.5) is 0 Å². The highest BCUT2D eigenvalue weighted by molar-refractivity contribution is 7.80. The van der Waals surface area contributed by atoms with E-state index in [0.29, 0.717) is 5.11 Å². The number of nitrogens with one attached hydrogen (secondary N) is 2. The van der Waals surface area contributed by atoms with Gasteiger partial charge in [0.25, 0.3) is 5.91 Å². The summed E-state index contributed by atoms with van der Waals surface area (Å²) < 4.78 is 5.04. The quantitative estimate of drug-likeness (QED) is 0.837. The molecule has 21 heavy (non-hydrogen) atoms. The number of amides is 1. The zero-order chi connectivity index (χ0) is 14.7. The second-order valence-electron chi connectivity index (χ2n) is 5.05. The summed E-state index contributed by atoms with van der Waals surface area (Å²) in [5.74, 6) is -0.0789. The summed E-state index contributed by atoms with van der Waals surface area (Å²) in [4.78, 5) is 11.9. The third-order valence-electron chi connectivity index (χ3n) is 3.65. The number of carbonyl (C=O) groups excluding carboxylic acids is 1. The van der Waals surface area contributed by atoms with E-state index in [1.165, 1.54) is 17.4 Å². The SMILES string of the molecule is O=C(NC(=S)N[C@H]1CCCc2ccccc21)c1ccco1. The number of hydrogen-bond donors (Lipinski definition) is 2. The smallest absolute Gasteiger partial charge is 0.293 e. The summed E-state index contributed by atoms with van der Waals surface area (Å²) in [5.41, 5.74) is 2.61. The lowest BCUT2D eigenvalue weighted by Crippen LogP contribution is -2.41. The molecule has 0 unspecified atom stereocenters. The van der Waals surface area contributed by atoms with Crippen molar-refractivity contribution in [3.05, 3.63) is 59.5 Å². The van der Waals surface area contributed by atoms with Gasteiger partial charge < -0.3 is 9.73 Å². The van der Waals surface area contributed by atoms with Crippen molar-refractivity contribution < 1.29 is 9.21 Å². The molecule has 0 radical (unpaired) electrons. The Labute approximate surface area is 128 Å². The molecule has 1 amide bonds. The lowest BCUT2D eigenvalue weighted by Gasteiger charge is -2.27. The fourth-order valence-electron chi connectivity index (χ4n) is 2.67. The molecule has 0 spiro atoms. The van der Waals surface area contributed by atoms with Crippen LogP contribution in [0.25, 0.3) is 0 Å². The fraction of sp³-hybridized carbons (Fsp3) is 0.250. The number of carbonyl (C=O) groups is 1. The summed E-state index contributed by atoms with van der Waals surface area (Å²) in [5, 5.41) is 6.21. The van der Waals surface area contributed by atoms with E-state index >= 15 is 0 Å². The molecule has 2 N–H and O–H groups in total. The van der Waals surface area contributed by atoms with Gasteiger partial charge in [-0.1, -0.05) is 24.3 Å². The number of furan rings is 1. The highest BCUT2D eigenvalue weighted by Gasteiger charge is 2.21. The standard InChI is InChI=1S/C16H16N2O2S/c19-15(14-9-4-10-20-14)18-16(21)17-13-8-3-6-11-5-1-2-7-12(11)13/h1-2,4-5,7,9-10,13H,3,6,8H2,(H2,17,18,19,21)/t13-/m0/s1. The van der Waals surface area contributed by atoms with Gasteiger partial charge in [-0.3, -0.25) is 10.1 Å². The first-order chi connectivity index (χ1) is 10.2. The molecule has 2 aromatic rings. The van der Waals surface area contributed by atoms with Gasteiger partial charge in [0.15, 0.2) is 10.9 Å². The lowest BCUT2D eigenvalue weighted by molar-refractivity contribution is 0.0949. The Morgan fingerprint density at radius 3 is 2.90 bits per heavy atom. The molecule has 0 saturated heterocycles. The van der Waals surface area contributed by atoms with Crippen LogP contribution in [0.5, 0.6) is 0 Å². The first kappa shape index (κ1) is 13.8. The van der Waals surface area contributed by atoms with E-state index in [4.69, 9.17) is 16.6 Å². The van der Waals surface area contributed by atoms with Crippen LogP contribution in [0.1, 0.15) is 40.6 Å². The summed E-state index contributed by atoms with van der Waals surface area (Å²) in [6, 6.07) is 11.8. The molecule has 0 aliphatic heterocycles. The van der Waals surface area contributed by atoms with Crippen LogP contribution in [-0.2, 0) is 6.42 Å². The van der Waals surface area contributed by atoms with E-state index in [9.17, 15) is 4.79 Å². The Kier molecular flexibility index (Phi) is 4.01. The highest BCUT2D eigenvalue weighted by atomic mass is 32.1. The van der Waals surface area contributed by atoms with Crippen molar-refractivity contribution in [3.63, 3.8) is 0 Å². The van der Waals surface area contributed by atoms with Gasteiger partial charge in [0, 0.05) is 0 Å². The van der Waals surface area contributed by atoms with Crippen LogP contribution in [0.3, 0.4) is 0 Å². The topological polar surface area (TPSA) is 54.3 Å². The average molecular weight is 300 g/mol. The maximum Gasteiger partial charge on any atom is 0.293 e. The molecule has 1 atom stereocenters. The molecular formula is C16H16N2O2S. The van der Waals surface area contributed by atoms with Gasteiger partial charge >= 0.3 is 0 Å². The van der Waals surface area contributed by atoms with Crippen LogP contribution in [0, 0.1) is 0 Å². The third kappa shape index (κ3) is 3.13. The predicted molar refractivity (Wildman–Crippen MR) is 84.0 cm³/mol. The lowest BCUT2D eigenvalue weighted by atomic mass is 9.88. The van der Waals surface area contributed by atoms with Crippen LogP contribution < -0.4 is 10.6 Å². The summed E-state index contributed by atoms with van der Waals surface area (Å²) >= 11 is 5.23. The third-order valence-corrected chi connectivity index (χ3v) is 3.87. The van der Waals surface area contributed by atoms with Crippen LogP contribution in [0.2, 0.25) is 0 Å². The molecule has 5 heteroatoms. The zero-order valence-electron chi connectivity index (χ0n) is 11.5. The highest BCUT2D eigenvalue weighted by Crippen LogP contribution is 2.29. The molecule has 108 valence electrons. The van der Waals surface area contributed by atoms with Crippen molar-refractivity contribution in [2.24, 2.45) is 0 Å². The minimum absolute atomic E-state index is 0.152. The Bertz CT molecular complexity index is 652. The molecule has 3 rings (SSSR count). The molecule has 0 bridgehead atoms. The van der Waals surface area contributed by atoms with Crippen molar-refractivity contribution >= 4 is 23.2 Å². The second kappa shape index (κ2) is 6.10. The van der Waals surface area contributed by atoms with E-state index < -0.39 is 0 Å². The number of thiocarbonyl (C=S) groups is 1. The number of benzene rings is 1. The van der Waals surface area contributed by atoms with Gasteiger partial charge in [-0.05, 0) is 54.7 Å². The maximum absolute atomic E-state index is 11.9. The largest absolute Gasteiger partial charge is 0.459 e. The molecule has 1 aromatic heterocycles. The average Bonchev–Trinajstić information content (AvgIpc) is 3.02. The second-order valence-corrected chi connectivity index (χ2v) is 5.46. The number of rotatable bonds is 2. The van der Waals surface area contributed by atoms with Gasteiger partial charge in [-0.2, -0.15) is 0 Å². The Morgan fingerprint density at radius 1 is 1.24 bits per heavy atom. The van der Waals surface area contributed by atoms with E-state index in [1.807, 2.05) is 6.07 Å². The number of fused-ring (bicyclic) bond motifs is 1. The molecule has 0 fully saturated rings. The van der Waals surface area contributed by atoms with Gasteiger partial charge in [-0.15, -0.1) is 0 Å². The van der Waals surface area contributed by atoms with Gasteiger partial charge in [0.05, 0.1) is 12.3 Å². The first-order valence-electron chi connectivity index (χ1n) is 6.97. The van der Waals surface area contributed by atoms with Crippen LogP contribution in [-0.4, -0.2) is 11.0 Å². The van der Waals surface area contributed by atoms with Gasteiger partial charge in [0.2, 0.25) is 0 Å². The summed E-state index contributed by atoms with van der Waals surface area (Å²) in [6.45, 7) is 0. The molecule has 4 nitrogen and oxygen atoms in total. The van der Waals surface area contributed by atoms with Crippen molar-refractivity contribution in [2.75, 3.05) is 0 Å². The van der Waals surface area contributed by atoms with Crippen LogP contribution >= 0.6 is 12.2 Å². The van der Waals surface area contributed by atoms with Crippen molar-refractivity contribution in [1.29, 1.82) is 0 Å². The zero-order valence-corrected chi connectivity index (χ0v) is 12.3. The predicted octanol–water partition coefficient (Wildman–Crippen LogP) is 2.96. The van der Waals surface area contributed by atoms with Crippen LogP contribution in [0.15, 0.2) is 47.1 Å². The fourth-order valence-corrected chi connectivity index (χ4v) is 2.91. The van der Waals surface area contributed by atoms with Crippen molar-refractivity contribution in [3.8, 4) is 0 Å². The minimum Gasteiger partial charge on any atom is -0.459 e. The maximum atomic E-state index is 11.9. The number of hydrogen-bond acceptors (Lipinski definition) is 3. The molecule has 1 aliphatic rings. The van der Waals surface area contributed by atoms with Gasteiger partial charge in [-0.25, -0.2) is 0 Å². The Hall–Kier alpha value is -2.14. The molecule has 1 aromatic carbocycles. The molecule has 1 heterocycles. The Morgan fingerprint density at radius 2 is 2.10 bits per heavy atom. The summed E-state index contributed by atoms with van der Waals surface area (Å²) in [7, 11) is 0. The normalized spacial score (nSPS) is 16.9. The number of aryl methyl sites for hydroxylation is 1. The summed E-state index contributed by atoms with van der Waals surface area (Å²) in [6.07, 6.45) is 4.68. The molecular weight excluding hydrogens is 284 g/mol. The molecule has 1 aliphatic carbocycles. The Balaban J connectivity index is 1.65. The van der Waals surface area contributed by atoms with E-state index in [-0.39, 0.29) is 17.7 Å². The van der Waals surface area contributed by atoms with E-state index in [2.05, 4.69) is 28.8 Å². The monoisotopic (exact) mass is 300 g/mol. The first-order valence-corrected chi connectivity index (χ1v) is 7.38. The van der Waals surface area contributed by atoms with Gasteiger partial charge in [0.1, 0.15) is 0 Å². The minimum atomic E-state index is -0.332. The van der Waals surface area contributed by atoms with E-state index in [0.717, 1.165) is 19.3 Å². The van der Waals surface area contributed by atoms with E-state index in [1.54, 1.807) is 12.1 Å². The molecule has 0 saturated carbocycles. The van der Waals surface area contributed by atoms with Crippen molar-refractivity contribution in [2.45, 2.75) is 25.3 Å².